The molecule has 0 spiro atoms. The number of nitrogens with two attached hydrogens (primary N) is 1. The zero-order valence-electron chi connectivity index (χ0n) is 12.0. The fourth-order valence-electron chi connectivity index (χ4n) is 2.30. The average Bonchev–Trinajstić information content (AvgIpc) is 2.52. The van der Waals surface area contributed by atoms with Crippen molar-refractivity contribution in [3.63, 3.8) is 0 Å². The molecule has 2 N–H and O–H groups in total. The minimum absolute atomic E-state index is 0.105. The van der Waals surface area contributed by atoms with Crippen LogP contribution in [0.25, 0.3) is 0 Å². The maximum Gasteiger partial charge on any atom is 0.119 e. The summed E-state index contributed by atoms with van der Waals surface area (Å²) in [5.74, 6) is 1.39. The van der Waals surface area contributed by atoms with Gasteiger partial charge < -0.3 is 10.5 Å². The second-order valence-corrected chi connectivity index (χ2v) is 5.22. The van der Waals surface area contributed by atoms with Gasteiger partial charge in [0.25, 0.3) is 0 Å². The number of benzene rings is 2. The topological polar surface area (TPSA) is 35.2 Å². The molecule has 106 valence electrons. The first-order valence-corrected chi connectivity index (χ1v) is 7.26. The van der Waals surface area contributed by atoms with E-state index in [1.807, 2.05) is 48.5 Å². The standard InChI is InChI=1S/C18H23NO/c1-15(18(19)16-10-4-2-5-11-16)9-8-14-20-17-12-6-3-7-13-17/h2-7,10-13,15,18H,8-9,14,19H2,1H3. The normalized spacial score (nSPS) is 13.7. The largest absolute Gasteiger partial charge is 0.494 e. The van der Waals surface area contributed by atoms with Gasteiger partial charge in [0.15, 0.2) is 0 Å². The molecule has 2 atom stereocenters. The van der Waals surface area contributed by atoms with Crippen LogP contribution in [-0.4, -0.2) is 6.61 Å². The first-order chi connectivity index (χ1) is 9.77. The molecule has 2 unspecified atom stereocenters. The third-order valence-corrected chi connectivity index (χ3v) is 3.61. The molecule has 0 aliphatic heterocycles. The molecule has 0 bridgehead atoms. The SMILES string of the molecule is CC(CCCOc1ccccc1)C(N)c1ccccc1. The van der Waals surface area contributed by atoms with Gasteiger partial charge in [0.05, 0.1) is 6.61 Å². The molecule has 2 aromatic rings. The van der Waals surface area contributed by atoms with Crippen molar-refractivity contribution >= 4 is 0 Å². The molecule has 0 fully saturated rings. The highest BCUT2D eigenvalue weighted by Crippen LogP contribution is 2.23. The highest BCUT2D eigenvalue weighted by Gasteiger charge is 2.14. The fourth-order valence-corrected chi connectivity index (χ4v) is 2.30. The minimum Gasteiger partial charge on any atom is -0.494 e. The summed E-state index contributed by atoms with van der Waals surface area (Å²) in [6.07, 6.45) is 2.10. The summed E-state index contributed by atoms with van der Waals surface area (Å²) in [4.78, 5) is 0. The first kappa shape index (κ1) is 14.6. The second kappa shape index (κ2) is 7.71. The molecule has 0 aliphatic rings. The molecule has 0 aromatic heterocycles. The minimum atomic E-state index is 0.105. The average molecular weight is 269 g/mol. The van der Waals surface area contributed by atoms with Crippen LogP contribution >= 0.6 is 0 Å². The molecule has 0 saturated carbocycles. The molecular formula is C18H23NO. The first-order valence-electron chi connectivity index (χ1n) is 7.26. The van der Waals surface area contributed by atoms with Crippen molar-refractivity contribution in [2.75, 3.05) is 6.61 Å². The Labute approximate surface area is 121 Å². The van der Waals surface area contributed by atoms with Crippen molar-refractivity contribution in [3.8, 4) is 5.75 Å². The van der Waals surface area contributed by atoms with Crippen molar-refractivity contribution in [2.45, 2.75) is 25.8 Å². The number of rotatable bonds is 7. The van der Waals surface area contributed by atoms with Gasteiger partial charge in [-0.15, -0.1) is 0 Å². The zero-order valence-corrected chi connectivity index (χ0v) is 12.0. The zero-order chi connectivity index (χ0) is 14.2. The lowest BCUT2D eigenvalue weighted by Gasteiger charge is -2.20. The van der Waals surface area contributed by atoms with Gasteiger partial charge in [-0.25, -0.2) is 0 Å². The third-order valence-electron chi connectivity index (χ3n) is 3.61. The van der Waals surface area contributed by atoms with E-state index in [4.69, 9.17) is 10.5 Å². The van der Waals surface area contributed by atoms with Crippen LogP contribution < -0.4 is 10.5 Å². The van der Waals surface area contributed by atoms with Gasteiger partial charge in [0.1, 0.15) is 5.75 Å². The molecule has 2 nitrogen and oxygen atoms in total. The van der Waals surface area contributed by atoms with E-state index in [1.54, 1.807) is 0 Å². The Hall–Kier alpha value is -1.80. The predicted molar refractivity (Wildman–Crippen MR) is 83.7 cm³/mol. The molecule has 2 rings (SSSR count). The molecule has 0 radical (unpaired) electrons. The summed E-state index contributed by atoms with van der Waals surface area (Å²) in [5, 5.41) is 0. The van der Waals surface area contributed by atoms with Crippen LogP contribution in [-0.2, 0) is 0 Å². The highest BCUT2D eigenvalue weighted by molar-refractivity contribution is 5.21. The Morgan fingerprint density at radius 2 is 1.55 bits per heavy atom. The lowest BCUT2D eigenvalue weighted by molar-refractivity contribution is 0.287. The van der Waals surface area contributed by atoms with Crippen molar-refractivity contribution < 1.29 is 4.74 Å². The van der Waals surface area contributed by atoms with E-state index in [-0.39, 0.29) is 6.04 Å². The second-order valence-electron chi connectivity index (χ2n) is 5.22. The highest BCUT2D eigenvalue weighted by atomic mass is 16.5. The predicted octanol–water partition coefficient (Wildman–Crippen LogP) is 4.18. The van der Waals surface area contributed by atoms with Crippen LogP contribution in [0.1, 0.15) is 31.4 Å². The summed E-state index contributed by atoms with van der Waals surface area (Å²) in [6, 6.07) is 20.4. The summed E-state index contributed by atoms with van der Waals surface area (Å²) >= 11 is 0. The smallest absolute Gasteiger partial charge is 0.119 e. The van der Waals surface area contributed by atoms with E-state index in [2.05, 4.69) is 19.1 Å². The Bertz CT molecular complexity index is 483. The Balaban J connectivity index is 1.71. The van der Waals surface area contributed by atoms with Crippen molar-refractivity contribution in [2.24, 2.45) is 11.7 Å². The lowest BCUT2D eigenvalue weighted by Crippen LogP contribution is -2.19. The Morgan fingerprint density at radius 1 is 0.950 bits per heavy atom. The molecule has 0 aliphatic carbocycles. The number of hydrogen-bond donors (Lipinski definition) is 1. The molecule has 0 saturated heterocycles. The van der Waals surface area contributed by atoms with Crippen LogP contribution in [0.3, 0.4) is 0 Å². The fraction of sp³-hybridized carbons (Fsp3) is 0.333. The van der Waals surface area contributed by atoms with E-state index < -0.39 is 0 Å². The van der Waals surface area contributed by atoms with Crippen LogP contribution in [0, 0.1) is 5.92 Å². The number of para-hydroxylation sites is 1. The van der Waals surface area contributed by atoms with Gasteiger partial charge >= 0.3 is 0 Å². The molecule has 2 aromatic carbocycles. The molecule has 2 heteroatoms. The molecule has 20 heavy (non-hydrogen) atoms. The van der Waals surface area contributed by atoms with Gasteiger partial charge in [-0.3, -0.25) is 0 Å². The maximum atomic E-state index is 6.29. The number of hydrogen-bond acceptors (Lipinski definition) is 2. The summed E-state index contributed by atoms with van der Waals surface area (Å²) in [6.45, 7) is 2.95. The molecular weight excluding hydrogens is 246 g/mol. The Kier molecular flexibility index (Phi) is 5.63. The van der Waals surface area contributed by atoms with Crippen LogP contribution in [0.15, 0.2) is 60.7 Å². The van der Waals surface area contributed by atoms with E-state index in [0.29, 0.717) is 5.92 Å². The number of ether oxygens (including phenoxy) is 1. The van der Waals surface area contributed by atoms with Gasteiger partial charge in [0.2, 0.25) is 0 Å². The van der Waals surface area contributed by atoms with Gasteiger partial charge in [-0.05, 0) is 36.5 Å². The van der Waals surface area contributed by atoms with E-state index >= 15 is 0 Å². The van der Waals surface area contributed by atoms with Crippen molar-refractivity contribution in [3.05, 3.63) is 66.2 Å². The van der Waals surface area contributed by atoms with Crippen LogP contribution in [0.2, 0.25) is 0 Å². The van der Waals surface area contributed by atoms with E-state index in [0.717, 1.165) is 25.2 Å². The molecule has 0 heterocycles. The monoisotopic (exact) mass is 269 g/mol. The van der Waals surface area contributed by atoms with E-state index in [1.165, 1.54) is 5.56 Å². The van der Waals surface area contributed by atoms with Gasteiger partial charge in [-0.1, -0.05) is 55.5 Å². The lowest BCUT2D eigenvalue weighted by atomic mass is 9.92. The summed E-state index contributed by atoms with van der Waals surface area (Å²) in [7, 11) is 0. The van der Waals surface area contributed by atoms with Crippen LogP contribution in [0.5, 0.6) is 5.75 Å². The maximum absolute atomic E-state index is 6.29. The van der Waals surface area contributed by atoms with Crippen LogP contribution in [0.4, 0.5) is 0 Å². The Morgan fingerprint density at radius 3 is 2.20 bits per heavy atom. The third kappa shape index (κ3) is 4.39. The quantitative estimate of drug-likeness (QED) is 0.765. The molecule has 0 amide bonds. The van der Waals surface area contributed by atoms with Gasteiger partial charge in [-0.2, -0.15) is 0 Å². The summed E-state index contributed by atoms with van der Waals surface area (Å²) in [5.41, 5.74) is 7.50. The summed E-state index contributed by atoms with van der Waals surface area (Å²) < 4.78 is 5.70. The van der Waals surface area contributed by atoms with Crippen molar-refractivity contribution in [1.82, 2.24) is 0 Å². The van der Waals surface area contributed by atoms with E-state index in [9.17, 15) is 0 Å². The van der Waals surface area contributed by atoms with Gasteiger partial charge in [0, 0.05) is 6.04 Å². The van der Waals surface area contributed by atoms with Crippen molar-refractivity contribution in [1.29, 1.82) is 0 Å².